The Labute approximate surface area is 144 Å². The third-order valence-corrected chi connectivity index (χ3v) is 4.25. The molecule has 0 amide bonds. The summed E-state index contributed by atoms with van der Waals surface area (Å²) < 4.78 is 5.38. The zero-order valence-corrected chi connectivity index (χ0v) is 14.2. The molecule has 3 aromatic rings. The van der Waals surface area contributed by atoms with E-state index in [4.69, 9.17) is 16.1 Å². The first-order valence-electron chi connectivity index (χ1n) is 7.37. The van der Waals surface area contributed by atoms with Crippen LogP contribution in [0, 0.1) is 30.9 Å². The molecule has 2 aromatic carbocycles. The molecule has 5 nitrogen and oxygen atoms in total. The summed E-state index contributed by atoms with van der Waals surface area (Å²) in [6, 6.07) is 10.4. The predicted molar refractivity (Wildman–Crippen MR) is 93.3 cm³/mol. The van der Waals surface area contributed by atoms with Gasteiger partial charge in [0.25, 0.3) is 5.69 Å². The first kappa shape index (κ1) is 16.2. The average molecular weight is 343 g/mol. The van der Waals surface area contributed by atoms with Crippen molar-refractivity contribution in [3.63, 3.8) is 0 Å². The first-order chi connectivity index (χ1) is 11.4. The van der Waals surface area contributed by atoms with Crippen molar-refractivity contribution in [3.8, 4) is 22.6 Å². The Hall–Kier alpha value is -2.66. The molecule has 0 fully saturated rings. The Morgan fingerprint density at radius 2 is 1.75 bits per heavy atom. The molecule has 0 unspecified atom stereocenters. The van der Waals surface area contributed by atoms with E-state index in [1.54, 1.807) is 18.2 Å². The largest absolute Gasteiger partial charge is 0.354 e. The van der Waals surface area contributed by atoms with Gasteiger partial charge in [-0.2, -0.15) is 0 Å². The lowest BCUT2D eigenvalue weighted by molar-refractivity contribution is -0.384. The van der Waals surface area contributed by atoms with Crippen molar-refractivity contribution in [2.24, 2.45) is 0 Å². The number of nitro groups is 1. The van der Waals surface area contributed by atoms with Gasteiger partial charge in [0, 0.05) is 11.6 Å². The molecule has 0 saturated carbocycles. The van der Waals surface area contributed by atoms with Crippen molar-refractivity contribution >= 4 is 17.3 Å². The molecule has 0 atom stereocenters. The SMILES string of the molecule is Cc1cc(C)c(-c2noc(-c3ccccc3[N+](=O)[O-])c2Cl)c(C)c1. The van der Waals surface area contributed by atoms with Gasteiger partial charge < -0.3 is 4.52 Å². The lowest BCUT2D eigenvalue weighted by Crippen LogP contribution is -1.92. The molecule has 0 spiro atoms. The highest BCUT2D eigenvalue weighted by molar-refractivity contribution is 6.35. The zero-order valence-electron chi connectivity index (χ0n) is 13.5. The molecule has 3 rings (SSSR count). The minimum atomic E-state index is -0.462. The van der Waals surface area contributed by atoms with Gasteiger partial charge in [0.1, 0.15) is 10.7 Å². The van der Waals surface area contributed by atoms with Crippen LogP contribution >= 0.6 is 11.6 Å². The topological polar surface area (TPSA) is 69.2 Å². The first-order valence-corrected chi connectivity index (χ1v) is 7.75. The fraction of sp³-hybridized carbons (Fsp3) is 0.167. The van der Waals surface area contributed by atoms with Gasteiger partial charge in [-0.3, -0.25) is 10.1 Å². The van der Waals surface area contributed by atoms with Crippen LogP contribution in [0.15, 0.2) is 40.9 Å². The molecule has 0 aliphatic heterocycles. The van der Waals surface area contributed by atoms with Crippen molar-refractivity contribution in [3.05, 3.63) is 68.2 Å². The molecule has 24 heavy (non-hydrogen) atoms. The van der Waals surface area contributed by atoms with Gasteiger partial charge in [0.15, 0.2) is 5.76 Å². The number of aromatic nitrogens is 1. The molecule has 0 radical (unpaired) electrons. The van der Waals surface area contributed by atoms with Gasteiger partial charge in [0.2, 0.25) is 0 Å². The maximum absolute atomic E-state index is 11.2. The number of nitro benzene ring substituents is 1. The third kappa shape index (κ3) is 2.67. The fourth-order valence-corrected chi connectivity index (χ4v) is 3.25. The van der Waals surface area contributed by atoms with Crippen molar-refractivity contribution in [2.75, 3.05) is 0 Å². The number of hydrogen-bond acceptors (Lipinski definition) is 4. The summed E-state index contributed by atoms with van der Waals surface area (Å²) in [7, 11) is 0. The second-order valence-corrected chi connectivity index (χ2v) is 6.10. The van der Waals surface area contributed by atoms with Gasteiger partial charge in [-0.25, -0.2) is 0 Å². The van der Waals surface area contributed by atoms with Crippen molar-refractivity contribution in [1.82, 2.24) is 5.16 Å². The standard InChI is InChI=1S/C18H15ClN2O3/c1-10-8-11(2)15(12(3)9-10)17-16(19)18(24-20-17)13-6-4-5-7-14(13)21(22)23/h4-9H,1-3H3. The number of rotatable bonds is 3. The summed E-state index contributed by atoms with van der Waals surface area (Å²) in [5.41, 5.74) is 4.83. The van der Waals surface area contributed by atoms with Gasteiger partial charge in [-0.1, -0.05) is 46.6 Å². The molecular weight excluding hydrogens is 328 g/mol. The number of aryl methyl sites for hydroxylation is 3. The van der Waals surface area contributed by atoms with Gasteiger partial charge in [0.05, 0.1) is 10.5 Å². The normalized spacial score (nSPS) is 10.8. The monoisotopic (exact) mass is 342 g/mol. The highest BCUT2D eigenvalue weighted by atomic mass is 35.5. The van der Waals surface area contributed by atoms with Crippen LogP contribution in [0.1, 0.15) is 16.7 Å². The lowest BCUT2D eigenvalue weighted by atomic mass is 9.97. The van der Waals surface area contributed by atoms with E-state index in [9.17, 15) is 10.1 Å². The number of para-hydroxylation sites is 1. The molecular formula is C18H15ClN2O3. The van der Waals surface area contributed by atoms with E-state index in [1.807, 2.05) is 32.9 Å². The van der Waals surface area contributed by atoms with E-state index in [-0.39, 0.29) is 16.5 Å². The van der Waals surface area contributed by atoms with Crippen molar-refractivity contribution in [1.29, 1.82) is 0 Å². The molecule has 0 N–H and O–H groups in total. The number of benzene rings is 2. The minimum absolute atomic E-state index is 0.0700. The van der Waals surface area contributed by atoms with Crippen molar-refractivity contribution < 1.29 is 9.45 Å². The summed E-state index contributed by atoms with van der Waals surface area (Å²) in [4.78, 5) is 10.8. The summed E-state index contributed by atoms with van der Waals surface area (Å²) in [6.07, 6.45) is 0. The van der Waals surface area contributed by atoms with Crippen LogP contribution in [0.25, 0.3) is 22.6 Å². The molecule has 0 aliphatic carbocycles. The average Bonchev–Trinajstić information content (AvgIpc) is 2.88. The zero-order chi connectivity index (χ0) is 17.4. The van der Waals surface area contributed by atoms with Crippen LogP contribution < -0.4 is 0 Å². The van der Waals surface area contributed by atoms with E-state index in [0.29, 0.717) is 11.3 Å². The second-order valence-electron chi connectivity index (χ2n) is 5.72. The third-order valence-electron chi connectivity index (χ3n) is 3.89. The minimum Gasteiger partial charge on any atom is -0.354 e. The Balaban J connectivity index is 2.20. The highest BCUT2D eigenvalue weighted by Gasteiger charge is 2.25. The maximum atomic E-state index is 11.2. The number of hydrogen-bond donors (Lipinski definition) is 0. The lowest BCUT2D eigenvalue weighted by Gasteiger charge is -2.08. The van der Waals surface area contributed by atoms with Gasteiger partial charge in [-0.15, -0.1) is 0 Å². The predicted octanol–water partition coefficient (Wildman–Crippen LogP) is 5.50. The Bertz CT molecular complexity index is 924. The van der Waals surface area contributed by atoms with E-state index in [2.05, 4.69) is 5.16 Å². The Kier molecular flexibility index (Phi) is 4.11. The smallest absolute Gasteiger partial charge is 0.280 e. The van der Waals surface area contributed by atoms with Crippen LogP contribution in [0.4, 0.5) is 5.69 Å². The molecule has 1 heterocycles. The van der Waals surface area contributed by atoms with E-state index in [1.165, 1.54) is 6.07 Å². The number of nitrogens with zero attached hydrogens (tertiary/aromatic N) is 2. The van der Waals surface area contributed by atoms with E-state index in [0.717, 1.165) is 22.3 Å². The molecule has 6 heteroatoms. The summed E-state index contributed by atoms with van der Waals surface area (Å²) in [5.74, 6) is 0.207. The quantitative estimate of drug-likeness (QED) is 0.465. The molecule has 0 bridgehead atoms. The van der Waals surface area contributed by atoms with Crippen LogP contribution in [-0.4, -0.2) is 10.1 Å². The summed E-state index contributed by atoms with van der Waals surface area (Å²) >= 11 is 6.47. The van der Waals surface area contributed by atoms with Crippen LogP contribution in [0.5, 0.6) is 0 Å². The highest BCUT2D eigenvalue weighted by Crippen LogP contribution is 2.41. The van der Waals surface area contributed by atoms with Gasteiger partial charge in [-0.05, 0) is 38.0 Å². The summed E-state index contributed by atoms with van der Waals surface area (Å²) in [5, 5.41) is 15.6. The second kappa shape index (κ2) is 6.09. The maximum Gasteiger partial charge on any atom is 0.280 e. The van der Waals surface area contributed by atoms with Crippen molar-refractivity contribution in [2.45, 2.75) is 20.8 Å². The Morgan fingerprint density at radius 3 is 2.38 bits per heavy atom. The fourth-order valence-electron chi connectivity index (χ4n) is 2.98. The molecule has 122 valence electrons. The van der Waals surface area contributed by atoms with Crippen LogP contribution in [0.3, 0.4) is 0 Å². The number of halogens is 1. The Morgan fingerprint density at radius 1 is 1.12 bits per heavy atom. The van der Waals surface area contributed by atoms with E-state index < -0.39 is 4.92 Å². The van der Waals surface area contributed by atoms with E-state index >= 15 is 0 Å². The van der Waals surface area contributed by atoms with Crippen LogP contribution in [0.2, 0.25) is 5.02 Å². The molecule has 1 aromatic heterocycles. The molecule has 0 aliphatic rings. The van der Waals surface area contributed by atoms with Crippen LogP contribution in [-0.2, 0) is 0 Å². The van der Waals surface area contributed by atoms with Gasteiger partial charge >= 0.3 is 0 Å². The summed E-state index contributed by atoms with van der Waals surface area (Å²) in [6.45, 7) is 5.98. The molecule has 0 saturated heterocycles.